The van der Waals surface area contributed by atoms with Crippen LogP contribution in [0.4, 0.5) is 5.69 Å². The van der Waals surface area contributed by atoms with Crippen molar-refractivity contribution in [2.45, 2.75) is 25.7 Å². The summed E-state index contributed by atoms with van der Waals surface area (Å²) in [4.78, 5) is 2.23. The molecule has 212 valence electrons. The lowest BCUT2D eigenvalue weighted by molar-refractivity contribution is 0.667. The van der Waals surface area contributed by atoms with E-state index < -0.39 is 0 Å². The largest absolute Gasteiger partial charge is 0.344 e. The van der Waals surface area contributed by atoms with Crippen LogP contribution in [0.15, 0.2) is 146 Å². The van der Waals surface area contributed by atoms with E-state index in [0.717, 1.165) is 12.1 Å². The van der Waals surface area contributed by atoms with E-state index in [1.807, 2.05) is 0 Å². The lowest BCUT2D eigenvalue weighted by Gasteiger charge is -2.26. The highest BCUT2D eigenvalue weighted by Crippen LogP contribution is 2.55. The number of fused-ring (bicyclic) bond motifs is 9. The third-order valence-corrected chi connectivity index (χ3v) is 9.79. The van der Waals surface area contributed by atoms with Crippen molar-refractivity contribution in [3.63, 3.8) is 0 Å². The molecule has 0 spiro atoms. The predicted octanol–water partition coefficient (Wildman–Crippen LogP) is 11.3. The second-order valence-electron chi connectivity index (χ2n) is 12.7. The summed E-state index contributed by atoms with van der Waals surface area (Å²) in [6.45, 7) is 9.14. The van der Waals surface area contributed by atoms with Crippen molar-refractivity contribution in [1.29, 1.82) is 0 Å². The molecule has 0 saturated carbocycles. The van der Waals surface area contributed by atoms with E-state index in [4.69, 9.17) is 0 Å². The lowest BCUT2D eigenvalue weighted by atomic mass is 9.78. The Kier molecular flexibility index (Phi) is 6.00. The summed E-state index contributed by atoms with van der Waals surface area (Å²) in [5.74, 6) is 0. The summed E-state index contributed by atoms with van der Waals surface area (Å²) < 4.78 is 0. The zero-order valence-corrected chi connectivity index (χ0v) is 25.6. The highest BCUT2D eigenvalue weighted by molar-refractivity contribution is 6.18. The van der Waals surface area contributed by atoms with Gasteiger partial charge in [0, 0.05) is 23.7 Å². The van der Waals surface area contributed by atoms with Gasteiger partial charge in [-0.2, -0.15) is 0 Å². The second kappa shape index (κ2) is 9.96. The predicted molar refractivity (Wildman–Crippen MR) is 189 cm³/mol. The van der Waals surface area contributed by atoms with Gasteiger partial charge >= 0.3 is 0 Å². The van der Waals surface area contributed by atoms with Crippen LogP contribution in [0.5, 0.6) is 0 Å². The number of likely N-dealkylation sites (N-methyl/N-ethyl adjacent to an activating group) is 1. The quantitative estimate of drug-likeness (QED) is 0.189. The normalized spacial score (nSPS) is 16.5. The fraction of sp³-hybridized carbons (Fsp3) is 0.116. The van der Waals surface area contributed by atoms with Crippen LogP contribution < -0.4 is 4.90 Å². The van der Waals surface area contributed by atoms with Gasteiger partial charge in [-0.3, -0.25) is 0 Å². The van der Waals surface area contributed by atoms with E-state index in [0.29, 0.717) is 0 Å². The van der Waals surface area contributed by atoms with Crippen molar-refractivity contribution in [2.24, 2.45) is 0 Å². The van der Waals surface area contributed by atoms with E-state index in [-0.39, 0.29) is 5.41 Å². The summed E-state index contributed by atoms with van der Waals surface area (Å²) >= 11 is 0. The van der Waals surface area contributed by atoms with Crippen LogP contribution in [-0.4, -0.2) is 7.05 Å². The molecule has 1 nitrogen and oxygen atoms in total. The zero-order chi connectivity index (χ0) is 30.0. The van der Waals surface area contributed by atoms with E-state index in [2.05, 4.69) is 166 Å². The molecule has 0 amide bonds. The Balaban J connectivity index is 1.28. The highest BCUT2D eigenvalue weighted by atomic mass is 15.1. The SMILES string of the molecule is C=C1/C=C\C=C/Cc2cccc(-c3cccc(-c4ccc5c(c4)C(C)(C)c4c-5c5ccccc5c5ccccc45)c3)c2N1C. The minimum atomic E-state index is -0.125. The summed E-state index contributed by atoms with van der Waals surface area (Å²) in [6, 6.07) is 40.7. The van der Waals surface area contributed by atoms with Gasteiger partial charge in [0.1, 0.15) is 0 Å². The van der Waals surface area contributed by atoms with E-state index in [9.17, 15) is 0 Å². The topological polar surface area (TPSA) is 3.24 Å². The first-order valence-corrected chi connectivity index (χ1v) is 15.5. The van der Waals surface area contributed by atoms with Gasteiger partial charge in [-0.15, -0.1) is 0 Å². The van der Waals surface area contributed by atoms with Crippen molar-refractivity contribution < 1.29 is 0 Å². The van der Waals surface area contributed by atoms with Gasteiger partial charge in [-0.25, -0.2) is 0 Å². The average Bonchev–Trinajstić information content (AvgIpc) is 3.33. The Morgan fingerprint density at radius 2 is 1.32 bits per heavy atom. The van der Waals surface area contributed by atoms with Crippen LogP contribution in [0.3, 0.4) is 0 Å². The molecule has 1 aliphatic heterocycles. The van der Waals surface area contributed by atoms with Crippen LogP contribution in [-0.2, 0) is 11.8 Å². The van der Waals surface area contributed by atoms with Gasteiger partial charge in [-0.1, -0.05) is 136 Å². The molecule has 0 N–H and O–H groups in total. The van der Waals surface area contributed by atoms with Crippen molar-refractivity contribution in [2.75, 3.05) is 11.9 Å². The molecule has 1 heterocycles. The molecule has 0 bridgehead atoms. The van der Waals surface area contributed by atoms with E-state index in [1.54, 1.807) is 0 Å². The molecule has 0 aromatic heterocycles. The van der Waals surface area contributed by atoms with Gasteiger partial charge in [0.15, 0.2) is 0 Å². The number of anilines is 1. The minimum absolute atomic E-state index is 0.125. The van der Waals surface area contributed by atoms with Crippen LogP contribution in [0.25, 0.3) is 54.9 Å². The van der Waals surface area contributed by atoms with Gasteiger partial charge < -0.3 is 4.90 Å². The first-order chi connectivity index (χ1) is 21.4. The van der Waals surface area contributed by atoms with Crippen molar-refractivity contribution in [1.82, 2.24) is 0 Å². The first kappa shape index (κ1) is 26.5. The van der Waals surface area contributed by atoms with Gasteiger partial charge in [0.25, 0.3) is 0 Å². The molecule has 44 heavy (non-hydrogen) atoms. The molecule has 0 saturated heterocycles. The Hall–Kier alpha value is -5.14. The number of hydrogen-bond acceptors (Lipinski definition) is 1. The van der Waals surface area contributed by atoms with Gasteiger partial charge in [0.2, 0.25) is 0 Å². The summed E-state index contributed by atoms with van der Waals surface area (Å²) in [5.41, 5.74) is 13.9. The molecule has 1 heteroatoms. The average molecular weight is 566 g/mol. The molecule has 6 aromatic rings. The maximum atomic E-state index is 4.34. The molecule has 2 aliphatic rings. The van der Waals surface area contributed by atoms with Crippen molar-refractivity contribution in [3.05, 3.63) is 162 Å². The summed E-state index contributed by atoms with van der Waals surface area (Å²) in [7, 11) is 2.12. The molecule has 0 atom stereocenters. The van der Waals surface area contributed by atoms with Crippen LogP contribution in [0.2, 0.25) is 0 Å². The first-order valence-electron chi connectivity index (χ1n) is 15.5. The fourth-order valence-corrected chi connectivity index (χ4v) is 7.61. The van der Waals surface area contributed by atoms with E-state index >= 15 is 0 Å². The molecule has 6 aromatic carbocycles. The van der Waals surface area contributed by atoms with Crippen LogP contribution >= 0.6 is 0 Å². The van der Waals surface area contributed by atoms with Crippen molar-refractivity contribution in [3.8, 4) is 33.4 Å². The second-order valence-corrected chi connectivity index (χ2v) is 12.7. The van der Waals surface area contributed by atoms with E-state index in [1.165, 1.54) is 77.3 Å². The molecule has 1 aliphatic carbocycles. The Morgan fingerprint density at radius 1 is 0.636 bits per heavy atom. The van der Waals surface area contributed by atoms with Gasteiger partial charge in [0.05, 0.1) is 5.69 Å². The smallest absolute Gasteiger partial charge is 0.0523 e. The summed E-state index contributed by atoms with van der Waals surface area (Å²) in [5, 5.41) is 5.37. The standard InChI is InChI=1S/C43H35N/c1-28-14-6-5-7-15-29-16-13-23-33(42(29)44(28)4)32-18-12-17-30(26-32)31-24-25-38-39(27-31)43(2,3)41-37-22-11-9-20-35(37)34-19-8-10-21-36(34)40(38)41/h5-14,16-27H,1,15H2,2-4H3/b7-5-,14-6-. The number of allylic oxidation sites excluding steroid dienone is 4. The Labute approximate surface area is 260 Å². The minimum Gasteiger partial charge on any atom is -0.344 e. The number of nitrogens with zero attached hydrogens (tertiary/aromatic N) is 1. The van der Waals surface area contributed by atoms with Gasteiger partial charge in [-0.05, 0) is 90.7 Å². The number of para-hydroxylation sites is 1. The zero-order valence-electron chi connectivity index (χ0n) is 25.6. The lowest BCUT2D eigenvalue weighted by Crippen LogP contribution is -2.17. The van der Waals surface area contributed by atoms with Crippen LogP contribution in [0, 0.1) is 0 Å². The monoisotopic (exact) mass is 565 g/mol. The third-order valence-electron chi connectivity index (χ3n) is 9.79. The Morgan fingerprint density at radius 3 is 2.14 bits per heavy atom. The number of benzene rings is 6. The van der Waals surface area contributed by atoms with Crippen molar-refractivity contribution >= 4 is 27.2 Å². The maximum Gasteiger partial charge on any atom is 0.0523 e. The molecular formula is C43H35N. The fourth-order valence-electron chi connectivity index (χ4n) is 7.61. The number of hydrogen-bond donors (Lipinski definition) is 0. The molecule has 0 radical (unpaired) electrons. The van der Waals surface area contributed by atoms with Crippen LogP contribution in [0.1, 0.15) is 30.5 Å². The number of rotatable bonds is 2. The Bertz CT molecular complexity index is 2210. The maximum absolute atomic E-state index is 4.34. The third kappa shape index (κ3) is 3.93. The molecular weight excluding hydrogens is 530 g/mol. The molecule has 0 unspecified atom stereocenters. The molecule has 8 rings (SSSR count). The molecule has 0 fully saturated rings. The highest BCUT2D eigenvalue weighted by Gasteiger charge is 2.38. The summed E-state index contributed by atoms with van der Waals surface area (Å²) in [6.07, 6.45) is 9.37.